The first-order valence-corrected chi connectivity index (χ1v) is 7.85. The highest BCUT2D eigenvalue weighted by molar-refractivity contribution is 5.99. The molecule has 0 aliphatic heterocycles. The third kappa shape index (κ3) is 2.65. The van der Waals surface area contributed by atoms with Crippen LogP contribution in [0, 0.1) is 0 Å². The molecule has 1 aromatic carbocycles. The zero-order valence-corrected chi connectivity index (χ0v) is 13.7. The molecular weight excluding hydrogens is 345 g/mol. The number of ether oxygens (including phenoxy) is 1. The number of rotatable bonds is 2. The number of carbonyl (C=O) groups is 1. The molecule has 0 fully saturated rings. The zero-order chi connectivity index (χ0) is 18.5. The maximum atomic E-state index is 13.1. The van der Waals surface area contributed by atoms with Gasteiger partial charge in [-0.25, -0.2) is 0 Å². The first kappa shape index (κ1) is 16.4. The average Bonchev–Trinajstić information content (AvgIpc) is 3.06. The fourth-order valence-electron chi connectivity index (χ4n) is 3.10. The molecule has 0 atom stereocenters. The number of hydrogen-bond donors (Lipinski definition) is 0. The van der Waals surface area contributed by atoms with Crippen LogP contribution in [0.15, 0.2) is 42.5 Å². The molecule has 0 radical (unpaired) electrons. The summed E-state index contributed by atoms with van der Waals surface area (Å²) in [4.78, 5) is 11.5. The van der Waals surface area contributed by atoms with Crippen molar-refractivity contribution in [3.63, 3.8) is 0 Å². The van der Waals surface area contributed by atoms with Crippen molar-refractivity contribution in [2.45, 2.75) is 12.6 Å². The van der Waals surface area contributed by atoms with Crippen LogP contribution < -0.4 is 4.74 Å². The Kier molecular flexibility index (Phi) is 3.61. The van der Waals surface area contributed by atoms with E-state index >= 15 is 0 Å². The minimum Gasteiger partial charge on any atom is -0.481 e. The molecule has 1 aliphatic rings. The van der Waals surface area contributed by atoms with Crippen molar-refractivity contribution in [3.05, 3.63) is 59.3 Å². The van der Waals surface area contributed by atoms with E-state index in [-0.39, 0.29) is 11.7 Å². The van der Waals surface area contributed by atoms with Crippen LogP contribution in [0.25, 0.3) is 22.7 Å². The molecule has 0 unspecified atom stereocenters. The Morgan fingerprint density at radius 1 is 1.12 bits per heavy atom. The van der Waals surface area contributed by atoms with Crippen LogP contribution in [0.1, 0.15) is 16.8 Å². The van der Waals surface area contributed by atoms with Gasteiger partial charge in [0, 0.05) is 18.1 Å². The monoisotopic (exact) mass is 358 g/mol. The lowest BCUT2D eigenvalue weighted by molar-refractivity contribution is -0.141. The Balaban J connectivity index is 1.92. The van der Waals surface area contributed by atoms with Crippen molar-refractivity contribution < 1.29 is 22.7 Å². The van der Waals surface area contributed by atoms with E-state index in [0.29, 0.717) is 17.5 Å². The molecule has 26 heavy (non-hydrogen) atoms. The van der Waals surface area contributed by atoms with Crippen molar-refractivity contribution in [1.82, 2.24) is 9.61 Å². The van der Waals surface area contributed by atoms with Gasteiger partial charge in [0.2, 0.25) is 5.88 Å². The maximum Gasteiger partial charge on any atom is 0.435 e. The third-order valence-electron chi connectivity index (χ3n) is 4.36. The van der Waals surface area contributed by atoms with Gasteiger partial charge >= 0.3 is 6.18 Å². The molecule has 0 spiro atoms. The van der Waals surface area contributed by atoms with Crippen molar-refractivity contribution in [1.29, 1.82) is 0 Å². The highest BCUT2D eigenvalue weighted by atomic mass is 19.4. The molecule has 0 bridgehead atoms. The van der Waals surface area contributed by atoms with Crippen LogP contribution in [0.2, 0.25) is 0 Å². The second-order valence-corrected chi connectivity index (χ2v) is 6.00. The van der Waals surface area contributed by atoms with Crippen LogP contribution in [0.5, 0.6) is 5.88 Å². The molecule has 7 heteroatoms. The predicted molar refractivity (Wildman–Crippen MR) is 89.9 cm³/mol. The second-order valence-electron chi connectivity index (χ2n) is 6.00. The largest absolute Gasteiger partial charge is 0.481 e. The quantitative estimate of drug-likeness (QED) is 0.691. The summed E-state index contributed by atoms with van der Waals surface area (Å²) in [5, 5.41) is 3.65. The molecule has 1 aliphatic carbocycles. The normalized spacial score (nSPS) is 13.9. The van der Waals surface area contributed by atoms with Crippen molar-refractivity contribution in [2.75, 3.05) is 7.11 Å². The van der Waals surface area contributed by atoms with Crippen LogP contribution in [-0.4, -0.2) is 22.5 Å². The number of benzene rings is 1. The second kappa shape index (κ2) is 5.72. The summed E-state index contributed by atoms with van der Waals surface area (Å²) in [5.74, 6) is 0.241. The number of aromatic nitrogens is 2. The third-order valence-corrected chi connectivity index (χ3v) is 4.36. The smallest absolute Gasteiger partial charge is 0.435 e. The molecule has 0 saturated carbocycles. The van der Waals surface area contributed by atoms with E-state index in [1.54, 1.807) is 24.3 Å². The molecule has 132 valence electrons. The highest BCUT2D eigenvalue weighted by Gasteiger charge is 2.34. The van der Waals surface area contributed by atoms with E-state index in [4.69, 9.17) is 4.74 Å². The van der Waals surface area contributed by atoms with Gasteiger partial charge in [0.25, 0.3) is 0 Å². The van der Waals surface area contributed by atoms with Gasteiger partial charge in [-0.15, -0.1) is 0 Å². The Labute approximate surface area is 146 Å². The van der Waals surface area contributed by atoms with E-state index in [1.165, 1.54) is 13.2 Å². The molecule has 2 aromatic heterocycles. The first-order chi connectivity index (χ1) is 12.4. The van der Waals surface area contributed by atoms with Gasteiger partial charge in [0.15, 0.2) is 11.5 Å². The molecule has 0 saturated heterocycles. The number of methoxy groups -OCH3 is 1. The summed E-state index contributed by atoms with van der Waals surface area (Å²) < 4.78 is 45.6. The fourth-order valence-corrected chi connectivity index (χ4v) is 3.10. The topological polar surface area (TPSA) is 43.6 Å². The van der Waals surface area contributed by atoms with Gasteiger partial charge in [-0.05, 0) is 41.0 Å². The number of nitrogens with zero attached hydrogens (tertiary/aromatic N) is 2. The number of carbonyl (C=O) groups excluding carboxylic acids is 1. The van der Waals surface area contributed by atoms with Crippen LogP contribution in [0.3, 0.4) is 0 Å². The van der Waals surface area contributed by atoms with Crippen molar-refractivity contribution in [2.24, 2.45) is 0 Å². The first-order valence-electron chi connectivity index (χ1n) is 7.85. The van der Waals surface area contributed by atoms with Crippen LogP contribution in [0.4, 0.5) is 13.2 Å². The number of allylic oxidation sites excluding steroid dienone is 1. The Hall–Kier alpha value is -3.09. The number of halogens is 3. The number of alkyl halides is 3. The van der Waals surface area contributed by atoms with E-state index in [2.05, 4.69) is 5.10 Å². The fraction of sp³-hybridized carbons (Fsp3) is 0.158. The van der Waals surface area contributed by atoms with E-state index in [9.17, 15) is 18.0 Å². The summed E-state index contributed by atoms with van der Waals surface area (Å²) >= 11 is 0. The Morgan fingerprint density at radius 2 is 1.92 bits per heavy atom. The van der Waals surface area contributed by atoms with Gasteiger partial charge < -0.3 is 4.74 Å². The lowest BCUT2D eigenvalue weighted by atomic mass is 9.93. The van der Waals surface area contributed by atoms with E-state index in [0.717, 1.165) is 27.3 Å². The Morgan fingerprint density at radius 3 is 2.65 bits per heavy atom. The molecule has 3 aromatic rings. The summed E-state index contributed by atoms with van der Waals surface area (Å²) in [6.07, 6.45) is -0.985. The van der Waals surface area contributed by atoms with E-state index in [1.807, 2.05) is 12.1 Å². The van der Waals surface area contributed by atoms with Gasteiger partial charge in [-0.3, -0.25) is 4.79 Å². The van der Waals surface area contributed by atoms with Gasteiger partial charge in [0.05, 0.1) is 12.6 Å². The molecule has 4 nitrogen and oxygen atoms in total. The van der Waals surface area contributed by atoms with E-state index < -0.39 is 11.9 Å². The number of fused-ring (bicyclic) bond motifs is 2. The van der Waals surface area contributed by atoms with Crippen LogP contribution >= 0.6 is 0 Å². The molecule has 0 amide bonds. The standard InChI is InChI=1S/C19H13F3N2O2/c1-26-18-7-6-15(16-10-17(19(20,21)22)23-24(16)18)13-3-2-12-9-14(25)5-4-11(12)8-13/h2-8,10H,9H2,1H3. The predicted octanol–water partition coefficient (Wildman–Crippen LogP) is 4.17. The molecule has 0 N–H and O–H groups in total. The van der Waals surface area contributed by atoms with Crippen LogP contribution in [-0.2, 0) is 17.4 Å². The van der Waals surface area contributed by atoms with Crippen molar-refractivity contribution >= 4 is 17.4 Å². The van der Waals surface area contributed by atoms with Gasteiger partial charge in [0.1, 0.15) is 0 Å². The molecule has 2 heterocycles. The summed E-state index contributed by atoms with van der Waals surface area (Å²) in [5.41, 5.74) is 2.44. The highest BCUT2D eigenvalue weighted by Crippen LogP contribution is 2.35. The summed E-state index contributed by atoms with van der Waals surface area (Å²) in [6.45, 7) is 0. The zero-order valence-electron chi connectivity index (χ0n) is 13.7. The number of pyridine rings is 1. The SMILES string of the molecule is COc1ccc(-c2ccc3c(c2)C=CC(=O)C3)c2cc(C(F)(F)F)nn12. The number of hydrogen-bond acceptors (Lipinski definition) is 3. The maximum absolute atomic E-state index is 13.1. The summed E-state index contributed by atoms with van der Waals surface area (Å²) in [7, 11) is 1.38. The molecular formula is C19H13F3N2O2. The minimum atomic E-state index is -4.55. The Bertz CT molecular complexity index is 1060. The number of ketones is 1. The lowest BCUT2D eigenvalue weighted by Gasteiger charge is -2.13. The summed E-state index contributed by atoms with van der Waals surface area (Å²) in [6, 6.07) is 9.78. The van der Waals surface area contributed by atoms with Crippen molar-refractivity contribution in [3.8, 4) is 17.0 Å². The lowest BCUT2D eigenvalue weighted by Crippen LogP contribution is -2.06. The van der Waals surface area contributed by atoms with Gasteiger partial charge in [-0.1, -0.05) is 18.2 Å². The van der Waals surface area contributed by atoms with Gasteiger partial charge in [-0.2, -0.15) is 22.8 Å². The minimum absolute atomic E-state index is 0.0303. The molecule has 4 rings (SSSR count). The average molecular weight is 358 g/mol.